The van der Waals surface area contributed by atoms with Crippen LogP contribution in [0.25, 0.3) is 0 Å². The normalized spacial score (nSPS) is 10.8. The highest BCUT2D eigenvalue weighted by Crippen LogP contribution is 2.26. The number of nitrogens with one attached hydrogen (secondary N) is 1. The van der Waals surface area contributed by atoms with E-state index in [1.54, 1.807) is 24.3 Å². The molecule has 110 valence electrons. The van der Waals surface area contributed by atoms with Crippen LogP contribution in [0.1, 0.15) is 35.8 Å². The van der Waals surface area contributed by atoms with E-state index >= 15 is 0 Å². The maximum Gasteiger partial charge on any atom is 0.255 e. The van der Waals surface area contributed by atoms with Crippen LogP contribution in [0, 0.1) is 0 Å². The zero-order chi connectivity index (χ0) is 15.6. The highest BCUT2D eigenvalue weighted by Gasteiger charge is 2.13. The Morgan fingerprint density at radius 1 is 1.14 bits per heavy atom. The predicted octanol–water partition coefficient (Wildman–Crippen LogP) is 5.42. The second-order valence-electron chi connectivity index (χ2n) is 4.84. The molecule has 0 radical (unpaired) electrons. The molecule has 1 amide bonds. The first-order valence-corrected chi connectivity index (χ1v) is 7.44. The first-order valence-electron chi connectivity index (χ1n) is 6.30. The largest absolute Gasteiger partial charge is 0.321 e. The summed E-state index contributed by atoms with van der Waals surface area (Å²) in [6.45, 7) is 3.97. The van der Waals surface area contributed by atoms with Crippen molar-refractivity contribution in [2.24, 2.45) is 0 Å². The zero-order valence-electron chi connectivity index (χ0n) is 11.5. The summed E-state index contributed by atoms with van der Waals surface area (Å²) < 4.78 is 0. The number of benzene rings is 1. The molecule has 0 unspecified atom stereocenters. The Balaban J connectivity index is 2.28. The standard InChI is InChI=1S/C15H13Cl3N2O/c1-8(2)13-5-9(6-14(18)19-13)15(21)20-12-4-3-10(16)7-11(12)17/h3-8H,1-2H3,(H,20,21). The van der Waals surface area contributed by atoms with Gasteiger partial charge in [0.15, 0.2) is 0 Å². The molecule has 3 nitrogen and oxygen atoms in total. The predicted molar refractivity (Wildman–Crippen MR) is 87.8 cm³/mol. The summed E-state index contributed by atoms with van der Waals surface area (Å²) in [5.41, 5.74) is 1.68. The van der Waals surface area contributed by atoms with Crippen LogP contribution in [0.3, 0.4) is 0 Å². The minimum atomic E-state index is -0.301. The number of rotatable bonds is 3. The van der Waals surface area contributed by atoms with Gasteiger partial charge in [-0.3, -0.25) is 4.79 Å². The van der Waals surface area contributed by atoms with Crippen molar-refractivity contribution in [3.8, 4) is 0 Å². The summed E-state index contributed by atoms with van der Waals surface area (Å²) >= 11 is 17.8. The molecule has 2 aromatic rings. The number of amides is 1. The van der Waals surface area contributed by atoms with Gasteiger partial charge in [-0.2, -0.15) is 0 Å². The minimum absolute atomic E-state index is 0.175. The molecule has 0 atom stereocenters. The third-order valence-corrected chi connectivity index (χ3v) is 3.59. The van der Waals surface area contributed by atoms with E-state index in [0.29, 0.717) is 21.3 Å². The fourth-order valence-corrected chi connectivity index (χ4v) is 2.40. The fourth-order valence-electron chi connectivity index (χ4n) is 1.73. The number of nitrogens with zero attached hydrogens (tertiary/aromatic N) is 1. The molecular weight excluding hydrogens is 331 g/mol. The third kappa shape index (κ3) is 4.10. The average Bonchev–Trinajstić information content (AvgIpc) is 2.41. The minimum Gasteiger partial charge on any atom is -0.321 e. The quantitative estimate of drug-likeness (QED) is 0.756. The molecule has 1 aromatic carbocycles. The number of aromatic nitrogens is 1. The van der Waals surface area contributed by atoms with E-state index in [4.69, 9.17) is 34.8 Å². The Kier molecular flexibility index (Phi) is 5.09. The topological polar surface area (TPSA) is 42.0 Å². The molecule has 0 bridgehead atoms. The molecule has 1 aromatic heterocycles. The second kappa shape index (κ2) is 6.65. The molecule has 0 aliphatic rings. The second-order valence-corrected chi connectivity index (χ2v) is 6.07. The van der Waals surface area contributed by atoms with E-state index in [-0.39, 0.29) is 17.0 Å². The van der Waals surface area contributed by atoms with Gasteiger partial charge in [-0.25, -0.2) is 4.98 Å². The molecule has 0 saturated carbocycles. The summed E-state index contributed by atoms with van der Waals surface area (Å²) in [6, 6.07) is 8.11. The van der Waals surface area contributed by atoms with E-state index in [1.807, 2.05) is 13.8 Å². The van der Waals surface area contributed by atoms with Crippen LogP contribution in [0.4, 0.5) is 5.69 Å². The highest BCUT2D eigenvalue weighted by molar-refractivity contribution is 6.36. The van der Waals surface area contributed by atoms with Gasteiger partial charge in [0.2, 0.25) is 0 Å². The number of hydrogen-bond donors (Lipinski definition) is 1. The Morgan fingerprint density at radius 3 is 2.48 bits per heavy atom. The Bertz CT molecular complexity index is 687. The third-order valence-electron chi connectivity index (χ3n) is 2.85. The maximum atomic E-state index is 12.3. The zero-order valence-corrected chi connectivity index (χ0v) is 13.7. The van der Waals surface area contributed by atoms with Gasteiger partial charge >= 0.3 is 0 Å². The van der Waals surface area contributed by atoms with Crippen LogP contribution >= 0.6 is 34.8 Å². The highest BCUT2D eigenvalue weighted by atomic mass is 35.5. The van der Waals surface area contributed by atoms with Crippen molar-refractivity contribution in [2.75, 3.05) is 5.32 Å². The lowest BCUT2D eigenvalue weighted by atomic mass is 10.1. The van der Waals surface area contributed by atoms with Crippen LogP contribution in [-0.2, 0) is 0 Å². The number of carbonyl (C=O) groups is 1. The molecule has 0 aliphatic carbocycles. The van der Waals surface area contributed by atoms with Crippen LogP contribution in [0.2, 0.25) is 15.2 Å². The van der Waals surface area contributed by atoms with Crippen molar-refractivity contribution in [2.45, 2.75) is 19.8 Å². The number of carbonyl (C=O) groups excluding carboxylic acids is 1. The molecule has 2 rings (SSSR count). The maximum absolute atomic E-state index is 12.3. The first-order chi connectivity index (χ1) is 9.86. The lowest BCUT2D eigenvalue weighted by Crippen LogP contribution is -2.13. The van der Waals surface area contributed by atoms with Crippen LogP contribution in [0.5, 0.6) is 0 Å². The Hall–Kier alpha value is -1.29. The lowest BCUT2D eigenvalue weighted by molar-refractivity contribution is 0.102. The first kappa shape index (κ1) is 16.1. The van der Waals surface area contributed by atoms with Gasteiger partial charge in [0.1, 0.15) is 5.15 Å². The average molecular weight is 344 g/mol. The molecule has 1 heterocycles. The molecular formula is C15H13Cl3N2O. The summed E-state index contributed by atoms with van der Waals surface area (Å²) in [6.07, 6.45) is 0. The summed E-state index contributed by atoms with van der Waals surface area (Å²) in [4.78, 5) is 16.5. The fraction of sp³-hybridized carbons (Fsp3) is 0.200. The van der Waals surface area contributed by atoms with E-state index in [2.05, 4.69) is 10.3 Å². The van der Waals surface area contributed by atoms with Crippen molar-refractivity contribution in [1.29, 1.82) is 0 Å². The monoisotopic (exact) mass is 342 g/mol. The summed E-state index contributed by atoms with van der Waals surface area (Å²) in [5, 5.41) is 3.90. The van der Waals surface area contributed by atoms with Crippen molar-refractivity contribution >= 4 is 46.4 Å². The van der Waals surface area contributed by atoms with E-state index in [0.717, 1.165) is 5.69 Å². The van der Waals surface area contributed by atoms with Crippen molar-refractivity contribution < 1.29 is 4.79 Å². The number of halogens is 3. The summed E-state index contributed by atoms with van der Waals surface area (Å²) in [5.74, 6) is -0.125. The van der Waals surface area contributed by atoms with Crippen LogP contribution < -0.4 is 5.32 Å². The molecule has 1 N–H and O–H groups in total. The molecule has 0 spiro atoms. The Labute approximate surface area is 138 Å². The van der Waals surface area contributed by atoms with Crippen molar-refractivity contribution in [3.05, 3.63) is 56.8 Å². The van der Waals surface area contributed by atoms with Gasteiger partial charge < -0.3 is 5.32 Å². The van der Waals surface area contributed by atoms with E-state index in [9.17, 15) is 4.79 Å². The van der Waals surface area contributed by atoms with Gasteiger partial charge in [0.05, 0.1) is 10.7 Å². The number of pyridine rings is 1. The van der Waals surface area contributed by atoms with E-state index in [1.165, 1.54) is 6.07 Å². The molecule has 0 fully saturated rings. The Morgan fingerprint density at radius 2 is 1.86 bits per heavy atom. The van der Waals surface area contributed by atoms with E-state index < -0.39 is 0 Å². The lowest BCUT2D eigenvalue weighted by Gasteiger charge is -2.10. The summed E-state index contributed by atoms with van der Waals surface area (Å²) in [7, 11) is 0. The smallest absolute Gasteiger partial charge is 0.255 e. The van der Waals surface area contributed by atoms with Gasteiger partial charge in [-0.05, 0) is 36.2 Å². The molecule has 0 aliphatic heterocycles. The van der Waals surface area contributed by atoms with Crippen LogP contribution in [-0.4, -0.2) is 10.9 Å². The van der Waals surface area contributed by atoms with Gasteiger partial charge in [0.25, 0.3) is 5.91 Å². The van der Waals surface area contributed by atoms with Gasteiger partial charge in [-0.15, -0.1) is 0 Å². The molecule has 0 saturated heterocycles. The number of anilines is 1. The molecule has 6 heteroatoms. The van der Waals surface area contributed by atoms with Crippen LogP contribution in [0.15, 0.2) is 30.3 Å². The van der Waals surface area contributed by atoms with Crippen molar-refractivity contribution in [1.82, 2.24) is 4.98 Å². The van der Waals surface area contributed by atoms with Gasteiger partial charge in [0, 0.05) is 16.3 Å². The van der Waals surface area contributed by atoms with Crippen molar-refractivity contribution in [3.63, 3.8) is 0 Å². The SMILES string of the molecule is CC(C)c1cc(C(=O)Nc2ccc(Cl)cc2Cl)cc(Cl)n1. The number of hydrogen-bond acceptors (Lipinski definition) is 2. The van der Waals surface area contributed by atoms with Gasteiger partial charge in [-0.1, -0.05) is 48.7 Å². The molecule has 21 heavy (non-hydrogen) atoms.